The average molecular weight is 485 g/mol. The highest BCUT2D eigenvalue weighted by molar-refractivity contribution is 5.86. The number of halogens is 2. The number of nitrogens with zero attached hydrogens (tertiary/aromatic N) is 1. The summed E-state index contributed by atoms with van der Waals surface area (Å²) < 4.78 is 37.1. The first-order valence-electron chi connectivity index (χ1n) is 10.7. The predicted molar refractivity (Wildman–Crippen MR) is 118 cm³/mol. The van der Waals surface area contributed by atoms with Crippen LogP contribution in [0, 0.1) is 0 Å². The Balaban J connectivity index is 1.33. The summed E-state index contributed by atoms with van der Waals surface area (Å²) in [7, 11) is 0. The fraction of sp³-hybridized carbons (Fsp3) is 0.250. The number of rotatable bonds is 9. The van der Waals surface area contributed by atoms with Gasteiger partial charge in [-0.25, -0.2) is 23.4 Å². The lowest BCUT2D eigenvalue weighted by Gasteiger charge is -2.19. The molecule has 11 heteroatoms. The van der Waals surface area contributed by atoms with Gasteiger partial charge in [0.1, 0.15) is 12.6 Å². The van der Waals surface area contributed by atoms with Crippen LogP contribution in [-0.2, 0) is 16.1 Å². The lowest BCUT2D eigenvalue weighted by Crippen LogP contribution is -2.44. The Morgan fingerprint density at radius 1 is 1.06 bits per heavy atom. The number of nitrogens with one attached hydrogen (secondary N) is 2. The van der Waals surface area contributed by atoms with Crippen molar-refractivity contribution in [2.24, 2.45) is 0 Å². The Morgan fingerprint density at radius 2 is 1.69 bits per heavy atom. The number of amides is 2. The van der Waals surface area contributed by atoms with Crippen LogP contribution in [0.2, 0.25) is 0 Å². The van der Waals surface area contributed by atoms with Crippen LogP contribution in [0.25, 0.3) is 11.1 Å². The van der Waals surface area contributed by atoms with Crippen molar-refractivity contribution in [3.8, 4) is 11.1 Å². The molecule has 3 aromatic rings. The number of hydrogen-bond donors (Lipinski definition) is 3. The molecule has 1 aliphatic rings. The standard InChI is InChI=1S/C24H21F2N3O6/c25-22(26)18(9-20(30)27-10-19-21(23(31)32)28-12-35-19)29-24(33)34-11-17-15-7-3-1-5-13(15)14-6-2-4-8-16(14)17/h1-8,12,17-18,22H,9-11H2,(H,27,30)(H,29,33)(H,31,32). The van der Waals surface area contributed by atoms with Crippen LogP contribution < -0.4 is 10.6 Å². The minimum absolute atomic E-state index is 0.0640. The number of benzene rings is 2. The molecule has 0 bridgehead atoms. The van der Waals surface area contributed by atoms with E-state index < -0.39 is 42.6 Å². The Hall–Kier alpha value is -4.28. The number of fused-ring (bicyclic) bond motifs is 3. The second kappa shape index (κ2) is 10.3. The van der Waals surface area contributed by atoms with E-state index in [0.29, 0.717) is 0 Å². The van der Waals surface area contributed by atoms with E-state index in [-0.39, 0.29) is 24.8 Å². The molecule has 1 heterocycles. The summed E-state index contributed by atoms with van der Waals surface area (Å²) in [6, 6.07) is 13.6. The number of carbonyl (C=O) groups is 3. The highest BCUT2D eigenvalue weighted by atomic mass is 19.3. The zero-order valence-corrected chi connectivity index (χ0v) is 18.2. The molecule has 1 aliphatic carbocycles. The second-order valence-electron chi connectivity index (χ2n) is 7.82. The van der Waals surface area contributed by atoms with Gasteiger partial charge in [0.2, 0.25) is 5.91 Å². The minimum Gasteiger partial charge on any atom is -0.476 e. The molecule has 9 nitrogen and oxygen atoms in total. The fourth-order valence-corrected chi connectivity index (χ4v) is 4.02. The van der Waals surface area contributed by atoms with Gasteiger partial charge < -0.3 is 24.9 Å². The van der Waals surface area contributed by atoms with Crippen LogP contribution >= 0.6 is 0 Å². The number of carbonyl (C=O) groups excluding carboxylic acids is 2. The van der Waals surface area contributed by atoms with Crippen LogP contribution in [0.5, 0.6) is 0 Å². The molecule has 1 atom stereocenters. The molecular weight excluding hydrogens is 464 g/mol. The lowest BCUT2D eigenvalue weighted by molar-refractivity contribution is -0.122. The first-order valence-corrected chi connectivity index (χ1v) is 10.7. The van der Waals surface area contributed by atoms with Gasteiger partial charge in [0.05, 0.1) is 13.0 Å². The third-order valence-corrected chi connectivity index (χ3v) is 5.65. The number of carboxylic acids is 1. The van der Waals surface area contributed by atoms with Gasteiger partial charge in [-0.05, 0) is 22.3 Å². The minimum atomic E-state index is -3.04. The molecule has 0 aliphatic heterocycles. The van der Waals surface area contributed by atoms with Crippen LogP contribution in [0.4, 0.5) is 13.6 Å². The van der Waals surface area contributed by atoms with E-state index in [4.69, 9.17) is 14.3 Å². The molecule has 0 fully saturated rings. The molecule has 0 radical (unpaired) electrons. The van der Waals surface area contributed by atoms with Crippen molar-refractivity contribution in [2.75, 3.05) is 6.61 Å². The topological polar surface area (TPSA) is 131 Å². The van der Waals surface area contributed by atoms with E-state index in [1.54, 1.807) is 0 Å². The molecule has 35 heavy (non-hydrogen) atoms. The maximum atomic E-state index is 13.5. The largest absolute Gasteiger partial charge is 0.476 e. The highest BCUT2D eigenvalue weighted by Crippen LogP contribution is 2.44. The van der Waals surface area contributed by atoms with Crippen molar-refractivity contribution < 1.29 is 37.4 Å². The fourth-order valence-electron chi connectivity index (χ4n) is 4.02. The van der Waals surface area contributed by atoms with Gasteiger partial charge in [-0.1, -0.05) is 48.5 Å². The molecule has 0 saturated carbocycles. The number of aromatic nitrogens is 1. The van der Waals surface area contributed by atoms with Crippen LogP contribution in [0.3, 0.4) is 0 Å². The zero-order valence-electron chi connectivity index (χ0n) is 18.2. The molecule has 182 valence electrons. The molecule has 3 N–H and O–H groups in total. The maximum absolute atomic E-state index is 13.5. The van der Waals surface area contributed by atoms with Gasteiger partial charge in [0.15, 0.2) is 17.8 Å². The van der Waals surface area contributed by atoms with Crippen molar-refractivity contribution in [3.05, 3.63) is 77.5 Å². The first kappa shape index (κ1) is 23.9. The smallest absolute Gasteiger partial charge is 0.407 e. The van der Waals surface area contributed by atoms with Crippen molar-refractivity contribution >= 4 is 18.0 Å². The predicted octanol–water partition coefficient (Wildman–Crippen LogP) is 3.55. The van der Waals surface area contributed by atoms with Gasteiger partial charge >= 0.3 is 12.1 Å². The third-order valence-electron chi connectivity index (χ3n) is 5.65. The molecule has 0 saturated heterocycles. The number of hydrogen-bond acceptors (Lipinski definition) is 6. The summed E-state index contributed by atoms with van der Waals surface area (Å²) in [5, 5.41) is 13.3. The van der Waals surface area contributed by atoms with Gasteiger partial charge in [-0.3, -0.25) is 4.79 Å². The monoisotopic (exact) mass is 485 g/mol. The van der Waals surface area contributed by atoms with E-state index in [1.807, 2.05) is 53.8 Å². The lowest BCUT2D eigenvalue weighted by atomic mass is 9.98. The average Bonchev–Trinajstić information content (AvgIpc) is 3.44. The van der Waals surface area contributed by atoms with Crippen molar-refractivity contribution in [3.63, 3.8) is 0 Å². The summed E-state index contributed by atoms with van der Waals surface area (Å²) in [5.41, 5.74) is 3.60. The van der Waals surface area contributed by atoms with Crippen LogP contribution in [-0.4, -0.2) is 47.1 Å². The third kappa shape index (κ3) is 5.29. The molecule has 0 spiro atoms. The molecule has 2 amide bonds. The molecule has 4 rings (SSSR count). The summed E-state index contributed by atoms with van der Waals surface area (Å²) in [6.07, 6.45) is -3.97. The molecular formula is C24H21F2N3O6. The van der Waals surface area contributed by atoms with E-state index >= 15 is 0 Å². The molecule has 1 aromatic heterocycles. The Labute approximate surface area is 198 Å². The quantitative estimate of drug-likeness (QED) is 0.422. The number of alkyl carbamates (subject to hydrolysis) is 1. The van der Waals surface area contributed by atoms with E-state index in [0.717, 1.165) is 28.6 Å². The maximum Gasteiger partial charge on any atom is 0.407 e. The summed E-state index contributed by atoms with van der Waals surface area (Å²) >= 11 is 0. The molecule has 1 unspecified atom stereocenters. The molecule has 2 aromatic carbocycles. The van der Waals surface area contributed by atoms with Crippen LogP contribution in [0.15, 0.2) is 59.3 Å². The van der Waals surface area contributed by atoms with Gasteiger partial charge in [-0.2, -0.15) is 0 Å². The van der Waals surface area contributed by atoms with E-state index in [1.165, 1.54) is 0 Å². The Morgan fingerprint density at radius 3 is 2.29 bits per heavy atom. The number of aromatic carboxylic acids is 1. The Bertz CT molecular complexity index is 1200. The number of oxazole rings is 1. The summed E-state index contributed by atoms with van der Waals surface area (Å²) in [4.78, 5) is 38.9. The van der Waals surface area contributed by atoms with Crippen LogP contribution in [0.1, 0.15) is 39.7 Å². The Kier molecular flexibility index (Phi) is 7.04. The number of ether oxygens (including phenoxy) is 1. The van der Waals surface area contributed by atoms with Gasteiger partial charge in [-0.15, -0.1) is 0 Å². The highest BCUT2D eigenvalue weighted by Gasteiger charge is 2.30. The first-order chi connectivity index (χ1) is 16.8. The number of alkyl halides is 2. The van der Waals surface area contributed by atoms with Gasteiger partial charge in [0, 0.05) is 5.92 Å². The second-order valence-corrected chi connectivity index (χ2v) is 7.82. The zero-order chi connectivity index (χ0) is 24.9. The van der Waals surface area contributed by atoms with Gasteiger partial charge in [0.25, 0.3) is 6.43 Å². The SMILES string of the molecule is O=C(CC(NC(=O)OCC1c2ccccc2-c2ccccc21)C(F)F)NCc1ocnc1C(=O)O. The van der Waals surface area contributed by atoms with Crippen molar-refractivity contribution in [1.29, 1.82) is 0 Å². The van der Waals surface area contributed by atoms with Crippen molar-refractivity contribution in [2.45, 2.75) is 31.4 Å². The van der Waals surface area contributed by atoms with E-state index in [9.17, 15) is 23.2 Å². The summed E-state index contributed by atoms with van der Waals surface area (Å²) in [6.45, 7) is -0.424. The normalized spacial score (nSPS) is 13.1. The van der Waals surface area contributed by atoms with Crippen molar-refractivity contribution in [1.82, 2.24) is 15.6 Å². The number of carboxylic acid groups (broad SMARTS) is 1. The van der Waals surface area contributed by atoms with E-state index in [2.05, 4.69) is 10.3 Å². The summed E-state index contributed by atoms with van der Waals surface area (Å²) in [5.74, 6) is -2.58.